The van der Waals surface area contributed by atoms with E-state index in [0.717, 1.165) is 0 Å². The van der Waals surface area contributed by atoms with Crippen molar-refractivity contribution < 1.29 is 0 Å². The van der Waals surface area contributed by atoms with Gasteiger partial charge in [-0.05, 0) is 6.92 Å². The van der Waals surface area contributed by atoms with Crippen molar-refractivity contribution in [1.29, 1.82) is 0 Å². The summed E-state index contributed by atoms with van der Waals surface area (Å²) in [6, 6.07) is 1.23. The fourth-order valence-corrected chi connectivity index (χ4v) is 1.39. The van der Waals surface area contributed by atoms with Gasteiger partial charge in [-0.3, -0.25) is 4.79 Å². The van der Waals surface area contributed by atoms with Crippen LogP contribution in [-0.4, -0.2) is 30.6 Å². The number of aryl methyl sites for hydroxylation is 1. The van der Waals surface area contributed by atoms with Crippen LogP contribution in [0.4, 0.5) is 5.82 Å². The topological polar surface area (TPSA) is 112 Å². The van der Waals surface area contributed by atoms with Crippen LogP contribution >= 0.6 is 0 Å². The summed E-state index contributed by atoms with van der Waals surface area (Å²) in [5.74, 6) is 1.66. The number of anilines is 1. The summed E-state index contributed by atoms with van der Waals surface area (Å²) in [4.78, 5) is 18.3. The Hall–Kier alpha value is -2.25. The van der Waals surface area contributed by atoms with E-state index in [4.69, 9.17) is 0 Å². The van der Waals surface area contributed by atoms with E-state index in [1.807, 2.05) is 13.8 Å². The van der Waals surface area contributed by atoms with Gasteiger partial charge in [0.2, 0.25) is 0 Å². The van der Waals surface area contributed by atoms with Crippen LogP contribution in [0.5, 0.6) is 0 Å². The lowest BCUT2D eigenvalue weighted by Gasteiger charge is -2.10. The molecule has 17 heavy (non-hydrogen) atoms. The molecule has 8 nitrogen and oxygen atoms in total. The van der Waals surface area contributed by atoms with Gasteiger partial charge < -0.3 is 10.3 Å². The Labute approximate surface area is 96.9 Å². The van der Waals surface area contributed by atoms with Crippen molar-refractivity contribution >= 4 is 5.82 Å². The lowest BCUT2D eigenvalue weighted by molar-refractivity contribution is 0.781. The third kappa shape index (κ3) is 2.65. The Morgan fingerprint density at radius 3 is 3.00 bits per heavy atom. The lowest BCUT2D eigenvalue weighted by Crippen LogP contribution is -2.16. The summed E-state index contributed by atoms with van der Waals surface area (Å²) < 4.78 is 0. The molecule has 1 atom stereocenters. The van der Waals surface area contributed by atoms with E-state index in [1.165, 1.54) is 6.07 Å². The normalized spacial score (nSPS) is 12.4. The van der Waals surface area contributed by atoms with E-state index >= 15 is 0 Å². The Balaban J connectivity index is 2.18. The minimum Gasteiger partial charge on any atom is -0.360 e. The van der Waals surface area contributed by atoms with E-state index in [0.29, 0.717) is 23.9 Å². The molecule has 1 unspecified atom stereocenters. The second-order valence-corrected chi connectivity index (χ2v) is 3.57. The quantitative estimate of drug-likeness (QED) is 0.688. The highest BCUT2D eigenvalue weighted by atomic mass is 16.1. The zero-order chi connectivity index (χ0) is 12.3. The monoisotopic (exact) mass is 235 g/mol. The molecular weight excluding hydrogens is 222 g/mol. The van der Waals surface area contributed by atoms with Gasteiger partial charge in [-0.2, -0.15) is 5.21 Å². The number of hydrogen-bond donors (Lipinski definition) is 3. The highest BCUT2D eigenvalue weighted by molar-refractivity contribution is 5.34. The summed E-state index contributed by atoms with van der Waals surface area (Å²) in [6.45, 7) is 3.78. The zero-order valence-electron chi connectivity index (χ0n) is 9.56. The van der Waals surface area contributed by atoms with Gasteiger partial charge in [0, 0.05) is 12.5 Å². The summed E-state index contributed by atoms with van der Waals surface area (Å²) in [5, 5.41) is 16.6. The minimum atomic E-state index is -0.181. The zero-order valence-corrected chi connectivity index (χ0v) is 9.56. The number of nitrogens with one attached hydrogen (secondary N) is 3. The molecule has 90 valence electrons. The highest BCUT2D eigenvalue weighted by Gasteiger charge is 2.11. The Morgan fingerprint density at radius 2 is 2.35 bits per heavy atom. The number of hydrogen-bond acceptors (Lipinski definition) is 6. The molecular formula is C9H13N7O. The molecule has 2 heterocycles. The Morgan fingerprint density at radius 1 is 1.53 bits per heavy atom. The average Bonchev–Trinajstić information content (AvgIpc) is 2.81. The standard InChI is InChI=1S/C9H13N7O/c1-3-6-11-7(4-8(17)12-6)10-5(2)9-13-15-16-14-9/h4-5H,3H2,1-2H3,(H2,10,11,12,17)(H,13,14,15,16). The van der Waals surface area contributed by atoms with Crippen molar-refractivity contribution in [1.82, 2.24) is 30.6 Å². The van der Waals surface area contributed by atoms with Crippen LogP contribution < -0.4 is 10.9 Å². The van der Waals surface area contributed by atoms with Gasteiger partial charge in [0.1, 0.15) is 11.6 Å². The van der Waals surface area contributed by atoms with Gasteiger partial charge >= 0.3 is 0 Å². The first-order valence-electron chi connectivity index (χ1n) is 5.29. The molecule has 0 aromatic carbocycles. The second-order valence-electron chi connectivity index (χ2n) is 3.57. The fraction of sp³-hybridized carbons (Fsp3) is 0.444. The van der Waals surface area contributed by atoms with Crippen molar-refractivity contribution in [3.05, 3.63) is 28.1 Å². The Kier molecular flexibility index (Phi) is 3.12. The second kappa shape index (κ2) is 4.73. The van der Waals surface area contributed by atoms with Crippen molar-refractivity contribution in [2.45, 2.75) is 26.3 Å². The molecule has 0 aliphatic heterocycles. The molecule has 0 bridgehead atoms. The van der Waals surface area contributed by atoms with Gasteiger partial charge in [0.25, 0.3) is 5.56 Å². The van der Waals surface area contributed by atoms with Crippen LogP contribution in [0.3, 0.4) is 0 Å². The maximum Gasteiger partial charge on any atom is 0.252 e. The number of aromatic amines is 2. The van der Waals surface area contributed by atoms with E-state index in [1.54, 1.807) is 0 Å². The van der Waals surface area contributed by atoms with Crippen molar-refractivity contribution in [2.75, 3.05) is 5.32 Å². The first-order chi connectivity index (χ1) is 8.19. The predicted molar refractivity (Wildman–Crippen MR) is 60.5 cm³/mol. The van der Waals surface area contributed by atoms with Gasteiger partial charge in [-0.25, -0.2) is 4.98 Å². The van der Waals surface area contributed by atoms with Crippen LogP contribution in [0.1, 0.15) is 31.5 Å². The van der Waals surface area contributed by atoms with Crippen LogP contribution in [0.25, 0.3) is 0 Å². The van der Waals surface area contributed by atoms with Crippen molar-refractivity contribution in [3.8, 4) is 0 Å². The van der Waals surface area contributed by atoms with Gasteiger partial charge in [-0.1, -0.05) is 12.1 Å². The first kappa shape index (κ1) is 11.2. The molecule has 0 fully saturated rings. The fourth-order valence-electron chi connectivity index (χ4n) is 1.39. The molecule has 0 radical (unpaired) electrons. The summed E-state index contributed by atoms with van der Waals surface area (Å²) in [5.41, 5.74) is -0.181. The first-order valence-corrected chi connectivity index (χ1v) is 5.29. The van der Waals surface area contributed by atoms with Crippen LogP contribution in [-0.2, 0) is 6.42 Å². The maximum absolute atomic E-state index is 11.4. The molecule has 0 spiro atoms. The van der Waals surface area contributed by atoms with E-state index in [9.17, 15) is 4.79 Å². The summed E-state index contributed by atoms with van der Waals surface area (Å²) in [7, 11) is 0. The molecule has 0 aliphatic rings. The van der Waals surface area contributed by atoms with E-state index < -0.39 is 0 Å². The SMILES string of the molecule is CCc1nc(NC(C)c2nn[nH]n2)cc(=O)[nH]1. The van der Waals surface area contributed by atoms with E-state index in [2.05, 4.69) is 35.9 Å². The summed E-state index contributed by atoms with van der Waals surface area (Å²) >= 11 is 0. The van der Waals surface area contributed by atoms with Gasteiger partial charge in [-0.15, -0.1) is 10.2 Å². The minimum absolute atomic E-state index is 0.173. The van der Waals surface area contributed by atoms with Crippen LogP contribution in [0.2, 0.25) is 0 Å². The highest BCUT2D eigenvalue weighted by Crippen LogP contribution is 2.11. The smallest absolute Gasteiger partial charge is 0.252 e. The molecule has 2 aromatic heterocycles. The van der Waals surface area contributed by atoms with E-state index in [-0.39, 0.29) is 11.6 Å². The number of tetrazole rings is 1. The molecule has 8 heteroatoms. The molecule has 3 N–H and O–H groups in total. The van der Waals surface area contributed by atoms with Crippen molar-refractivity contribution in [2.24, 2.45) is 0 Å². The van der Waals surface area contributed by atoms with Gasteiger partial charge in [0.05, 0.1) is 6.04 Å². The average molecular weight is 235 g/mol. The number of H-pyrrole nitrogens is 2. The number of rotatable bonds is 4. The molecule has 0 saturated carbocycles. The third-order valence-corrected chi connectivity index (χ3v) is 2.24. The Bertz CT molecular complexity index is 533. The molecule has 2 rings (SSSR count). The van der Waals surface area contributed by atoms with Crippen molar-refractivity contribution in [3.63, 3.8) is 0 Å². The third-order valence-electron chi connectivity index (χ3n) is 2.24. The molecule has 0 amide bonds. The molecule has 2 aromatic rings. The number of nitrogens with zero attached hydrogens (tertiary/aromatic N) is 4. The van der Waals surface area contributed by atoms with Crippen LogP contribution in [0.15, 0.2) is 10.9 Å². The van der Waals surface area contributed by atoms with Gasteiger partial charge in [0.15, 0.2) is 5.82 Å². The molecule has 0 saturated heterocycles. The maximum atomic E-state index is 11.4. The largest absolute Gasteiger partial charge is 0.360 e. The summed E-state index contributed by atoms with van der Waals surface area (Å²) in [6.07, 6.45) is 0.668. The number of aromatic nitrogens is 6. The van der Waals surface area contributed by atoms with Crippen LogP contribution in [0, 0.1) is 0 Å². The molecule has 0 aliphatic carbocycles. The lowest BCUT2D eigenvalue weighted by atomic mass is 10.3. The predicted octanol–water partition coefficient (Wildman–Crippen LogP) is 0.0185.